The Balaban J connectivity index is 2.25. The van der Waals surface area contributed by atoms with Crippen molar-refractivity contribution in [2.75, 3.05) is 6.61 Å². The van der Waals surface area contributed by atoms with Crippen molar-refractivity contribution >= 4 is 0 Å². The summed E-state index contributed by atoms with van der Waals surface area (Å²) in [7, 11) is 0. The van der Waals surface area contributed by atoms with Gasteiger partial charge in [-0.2, -0.15) is 0 Å². The first-order chi connectivity index (χ1) is 6.09. The van der Waals surface area contributed by atoms with Gasteiger partial charge in [-0.25, -0.2) is 0 Å². The van der Waals surface area contributed by atoms with Crippen molar-refractivity contribution in [3.05, 3.63) is 0 Å². The Labute approximate surface area is 80.8 Å². The van der Waals surface area contributed by atoms with Crippen molar-refractivity contribution in [2.24, 2.45) is 17.4 Å². The van der Waals surface area contributed by atoms with Gasteiger partial charge in [0.2, 0.25) is 0 Å². The molecular weight excluding hydrogens is 164 g/mol. The van der Waals surface area contributed by atoms with Crippen LogP contribution in [0.1, 0.15) is 33.1 Å². The highest BCUT2D eigenvalue weighted by atomic mass is 16.5. The molecule has 3 unspecified atom stereocenters. The standard InChI is InChI=1S/C10H22N2O/c1-7(2)6-13-10-4-3-8(11)5-9(10)12/h7-10H,3-6,11-12H2,1-2H3. The lowest BCUT2D eigenvalue weighted by Crippen LogP contribution is -2.46. The highest BCUT2D eigenvalue weighted by Crippen LogP contribution is 2.19. The third-order valence-electron chi connectivity index (χ3n) is 2.52. The topological polar surface area (TPSA) is 61.3 Å². The monoisotopic (exact) mass is 186 g/mol. The molecule has 0 heterocycles. The molecule has 3 nitrogen and oxygen atoms in total. The lowest BCUT2D eigenvalue weighted by atomic mass is 9.89. The maximum atomic E-state index is 5.95. The summed E-state index contributed by atoms with van der Waals surface area (Å²) in [5, 5.41) is 0. The zero-order chi connectivity index (χ0) is 9.84. The normalized spacial score (nSPS) is 35.3. The van der Waals surface area contributed by atoms with Gasteiger partial charge >= 0.3 is 0 Å². The molecule has 0 aromatic carbocycles. The summed E-state index contributed by atoms with van der Waals surface area (Å²) in [5.74, 6) is 0.586. The molecule has 0 aromatic rings. The second-order valence-corrected chi connectivity index (χ2v) is 4.50. The first-order valence-electron chi connectivity index (χ1n) is 5.22. The SMILES string of the molecule is CC(C)COC1CCC(N)CC1N. The van der Waals surface area contributed by atoms with E-state index in [1.54, 1.807) is 0 Å². The summed E-state index contributed by atoms with van der Waals surface area (Å²) in [6.07, 6.45) is 3.22. The van der Waals surface area contributed by atoms with E-state index in [0.717, 1.165) is 25.9 Å². The number of ether oxygens (including phenoxy) is 1. The predicted molar refractivity (Wildman–Crippen MR) is 54.4 cm³/mol. The predicted octanol–water partition coefficient (Wildman–Crippen LogP) is 0.866. The van der Waals surface area contributed by atoms with Crippen molar-refractivity contribution in [3.8, 4) is 0 Å². The number of nitrogens with two attached hydrogens (primary N) is 2. The van der Waals surface area contributed by atoms with Gasteiger partial charge in [-0.05, 0) is 25.2 Å². The zero-order valence-electron chi connectivity index (χ0n) is 8.70. The molecule has 4 N–H and O–H groups in total. The summed E-state index contributed by atoms with van der Waals surface area (Å²) >= 11 is 0. The largest absolute Gasteiger partial charge is 0.376 e. The van der Waals surface area contributed by atoms with Crippen LogP contribution in [0.4, 0.5) is 0 Å². The van der Waals surface area contributed by atoms with Crippen molar-refractivity contribution in [1.82, 2.24) is 0 Å². The fraction of sp³-hybridized carbons (Fsp3) is 1.00. The van der Waals surface area contributed by atoms with E-state index in [-0.39, 0.29) is 18.2 Å². The average molecular weight is 186 g/mol. The summed E-state index contributed by atoms with van der Waals surface area (Å²) in [5.41, 5.74) is 11.8. The second kappa shape index (κ2) is 4.94. The molecule has 3 heteroatoms. The smallest absolute Gasteiger partial charge is 0.0727 e. The average Bonchev–Trinajstić information content (AvgIpc) is 2.02. The maximum Gasteiger partial charge on any atom is 0.0727 e. The molecule has 3 atom stereocenters. The van der Waals surface area contributed by atoms with E-state index < -0.39 is 0 Å². The molecule has 0 spiro atoms. The molecule has 1 fully saturated rings. The Kier molecular flexibility index (Phi) is 4.16. The van der Waals surface area contributed by atoms with Gasteiger partial charge in [-0.3, -0.25) is 0 Å². The van der Waals surface area contributed by atoms with Crippen LogP contribution in [0.3, 0.4) is 0 Å². The third-order valence-corrected chi connectivity index (χ3v) is 2.52. The van der Waals surface area contributed by atoms with Crippen LogP contribution in [0.2, 0.25) is 0 Å². The van der Waals surface area contributed by atoms with Gasteiger partial charge in [0, 0.05) is 18.7 Å². The Morgan fingerprint density at radius 1 is 1.31 bits per heavy atom. The first kappa shape index (κ1) is 11.0. The molecule has 0 aromatic heterocycles. The molecular formula is C10H22N2O. The van der Waals surface area contributed by atoms with E-state index in [1.807, 2.05) is 0 Å². The lowest BCUT2D eigenvalue weighted by molar-refractivity contribution is -0.00146. The first-order valence-corrected chi connectivity index (χ1v) is 5.22. The van der Waals surface area contributed by atoms with E-state index in [0.29, 0.717) is 5.92 Å². The summed E-state index contributed by atoms with van der Waals surface area (Å²) in [6.45, 7) is 5.12. The molecule has 1 aliphatic carbocycles. The Morgan fingerprint density at radius 2 is 2.00 bits per heavy atom. The Hall–Kier alpha value is -0.120. The number of rotatable bonds is 3. The lowest BCUT2D eigenvalue weighted by Gasteiger charge is -2.32. The van der Waals surface area contributed by atoms with Crippen LogP contribution in [-0.4, -0.2) is 24.8 Å². The van der Waals surface area contributed by atoms with E-state index in [9.17, 15) is 0 Å². The van der Waals surface area contributed by atoms with Gasteiger partial charge in [0.1, 0.15) is 0 Å². The quantitative estimate of drug-likeness (QED) is 0.687. The van der Waals surface area contributed by atoms with Crippen molar-refractivity contribution in [2.45, 2.75) is 51.3 Å². The highest BCUT2D eigenvalue weighted by molar-refractivity contribution is 4.85. The van der Waals surface area contributed by atoms with Crippen LogP contribution in [-0.2, 0) is 4.74 Å². The van der Waals surface area contributed by atoms with Gasteiger partial charge in [0.15, 0.2) is 0 Å². The third kappa shape index (κ3) is 3.63. The number of hydrogen-bond acceptors (Lipinski definition) is 3. The minimum absolute atomic E-state index is 0.141. The molecule has 0 bridgehead atoms. The summed E-state index contributed by atoms with van der Waals surface area (Å²) in [6, 6.07) is 0.427. The molecule has 1 saturated carbocycles. The van der Waals surface area contributed by atoms with Crippen LogP contribution in [0.25, 0.3) is 0 Å². The van der Waals surface area contributed by atoms with Crippen LogP contribution in [0.15, 0.2) is 0 Å². The molecule has 78 valence electrons. The number of hydrogen-bond donors (Lipinski definition) is 2. The molecule has 0 aliphatic heterocycles. The zero-order valence-corrected chi connectivity index (χ0v) is 8.70. The van der Waals surface area contributed by atoms with Gasteiger partial charge in [0.25, 0.3) is 0 Å². The Bertz CT molecular complexity index is 150. The van der Waals surface area contributed by atoms with Crippen molar-refractivity contribution in [1.29, 1.82) is 0 Å². The summed E-state index contributed by atoms with van der Waals surface area (Å²) < 4.78 is 5.72. The minimum atomic E-state index is 0.141. The van der Waals surface area contributed by atoms with E-state index >= 15 is 0 Å². The van der Waals surface area contributed by atoms with E-state index in [2.05, 4.69) is 13.8 Å². The van der Waals surface area contributed by atoms with Gasteiger partial charge in [-0.15, -0.1) is 0 Å². The summed E-state index contributed by atoms with van der Waals surface area (Å²) in [4.78, 5) is 0. The molecule has 0 saturated heterocycles. The van der Waals surface area contributed by atoms with E-state index in [1.165, 1.54) is 0 Å². The molecule has 13 heavy (non-hydrogen) atoms. The van der Waals surface area contributed by atoms with Crippen molar-refractivity contribution in [3.63, 3.8) is 0 Å². The van der Waals surface area contributed by atoms with Crippen LogP contribution in [0.5, 0.6) is 0 Å². The molecule has 0 amide bonds. The van der Waals surface area contributed by atoms with Crippen LogP contribution in [0, 0.1) is 5.92 Å². The fourth-order valence-electron chi connectivity index (χ4n) is 1.73. The molecule has 0 radical (unpaired) electrons. The Morgan fingerprint density at radius 3 is 2.54 bits per heavy atom. The maximum absolute atomic E-state index is 5.95. The second-order valence-electron chi connectivity index (χ2n) is 4.50. The fourth-order valence-corrected chi connectivity index (χ4v) is 1.73. The van der Waals surface area contributed by atoms with Gasteiger partial charge < -0.3 is 16.2 Å². The highest BCUT2D eigenvalue weighted by Gasteiger charge is 2.26. The molecule has 1 aliphatic rings. The van der Waals surface area contributed by atoms with E-state index in [4.69, 9.17) is 16.2 Å². The minimum Gasteiger partial charge on any atom is -0.376 e. The van der Waals surface area contributed by atoms with Crippen LogP contribution >= 0.6 is 0 Å². The van der Waals surface area contributed by atoms with Gasteiger partial charge in [-0.1, -0.05) is 13.8 Å². The van der Waals surface area contributed by atoms with Crippen LogP contribution < -0.4 is 11.5 Å². The molecule has 1 rings (SSSR count). The van der Waals surface area contributed by atoms with Gasteiger partial charge in [0.05, 0.1) is 6.10 Å². The van der Waals surface area contributed by atoms with Crippen molar-refractivity contribution < 1.29 is 4.74 Å².